The standard InChI is InChI=1S/C39H44Cl2N4O4/c1-23(2)34(46)22-45-16-15-24-17-26(18-35(48-3)32(24)21-45)28-7-5-8-29(37(28)40)30-9-6-10-31(38(30)41)33-13-11-25(39(44-33)49-4)19-42-20-27-12-14-36(47)43-27/h5-11,13,17-18,23,27,34,42,46H,12,14-16,19-22H2,1-4H3,(H,43,47)/t27-,34?/m0/s1. The van der Waals surface area contributed by atoms with E-state index in [1.54, 1.807) is 14.2 Å². The highest BCUT2D eigenvalue weighted by atomic mass is 35.5. The minimum atomic E-state index is -0.364. The van der Waals surface area contributed by atoms with E-state index in [0.29, 0.717) is 47.7 Å². The fraction of sp³-hybridized carbons (Fsp3) is 0.385. The second-order valence-electron chi connectivity index (χ2n) is 13.2. The molecule has 0 radical (unpaired) electrons. The number of fused-ring (bicyclic) bond motifs is 1. The predicted octanol–water partition coefficient (Wildman–Crippen LogP) is 7.15. The molecule has 6 rings (SSSR count). The molecule has 2 aliphatic rings. The molecule has 3 heterocycles. The minimum absolute atomic E-state index is 0.105. The van der Waals surface area contributed by atoms with E-state index in [1.165, 1.54) is 5.56 Å². The lowest BCUT2D eigenvalue weighted by molar-refractivity contribution is -0.119. The Morgan fingerprint density at radius 3 is 2.37 bits per heavy atom. The fourth-order valence-electron chi connectivity index (χ4n) is 6.70. The zero-order chi connectivity index (χ0) is 34.7. The summed E-state index contributed by atoms with van der Waals surface area (Å²) in [4.78, 5) is 18.6. The van der Waals surface area contributed by atoms with Gasteiger partial charge < -0.3 is 25.2 Å². The van der Waals surface area contributed by atoms with Gasteiger partial charge in [0.2, 0.25) is 11.8 Å². The third kappa shape index (κ3) is 7.74. The monoisotopic (exact) mass is 702 g/mol. The SMILES string of the molecule is COc1cc(-c2cccc(-c3cccc(-c4ccc(CNC[C@@H]5CCC(=O)N5)c(OC)n4)c3Cl)c2Cl)cc2c1CN(CC(O)C(C)C)CC2. The number of methoxy groups -OCH3 is 2. The smallest absolute Gasteiger partial charge is 0.220 e. The number of halogens is 2. The maximum absolute atomic E-state index is 11.5. The normalized spacial score (nSPS) is 16.8. The molecule has 0 bridgehead atoms. The number of carbonyl (C=O) groups is 1. The lowest BCUT2D eigenvalue weighted by Gasteiger charge is -2.32. The fourth-order valence-corrected chi connectivity index (χ4v) is 7.36. The number of pyridine rings is 1. The summed E-state index contributed by atoms with van der Waals surface area (Å²) in [6.45, 7) is 7.58. The van der Waals surface area contributed by atoms with Crippen molar-refractivity contribution >= 4 is 29.1 Å². The Labute approximate surface area is 298 Å². The van der Waals surface area contributed by atoms with E-state index in [0.717, 1.165) is 70.6 Å². The molecule has 1 saturated heterocycles. The molecule has 0 aliphatic carbocycles. The number of ether oxygens (including phenoxy) is 2. The number of carbonyl (C=O) groups excluding carboxylic acids is 1. The van der Waals surface area contributed by atoms with E-state index in [-0.39, 0.29) is 24.0 Å². The molecule has 49 heavy (non-hydrogen) atoms. The third-order valence-corrected chi connectivity index (χ3v) is 10.4. The Morgan fingerprint density at radius 1 is 0.980 bits per heavy atom. The molecule has 258 valence electrons. The highest BCUT2D eigenvalue weighted by molar-refractivity contribution is 6.39. The van der Waals surface area contributed by atoms with Crippen LogP contribution in [0.4, 0.5) is 0 Å². The van der Waals surface area contributed by atoms with Crippen molar-refractivity contribution in [2.24, 2.45) is 5.92 Å². The molecule has 1 amide bonds. The van der Waals surface area contributed by atoms with Crippen LogP contribution in [0.15, 0.2) is 60.7 Å². The Morgan fingerprint density at radius 2 is 1.69 bits per heavy atom. The maximum atomic E-state index is 11.5. The summed E-state index contributed by atoms with van der Waals surface area (Å²) in [5, 5.41) is 18.0. The van der Waals surface area contributed by atoms with E-state index < -0.39 is 0 Å². The summed E-state index contributed by atoms with van der Waals surface area (Å²) in [6, 6.07) is 20.3. The molecule has 3 aromatic carbocycles. The van der Waals surface area contributed by atoms with Crippen LogP contribution in [0.2, 0.25) is 10.0 Å². The highest BCUT2D eigenvalue weighted by Crippen LogP contribution is 2.44. The van der Waals surface area contributed by atoms with Crippen molar-refractivity contribution in [2.45, 2.75) is 58.3 Å². The van der Waals surface area contributed by atoms with Gasteiger partial charge in [-0.15, -0.1) is 0 Å². The van der Waals surface area contributed by atoms with Crippen LogP contribution >= 0.6 is 23.2 Å². The molecule has 10 heteroatoms. The average Bonchev–Trinajstić information content (AvgIpc) is 3.52. The summed E-state index contributed by atoms with van der Waals surface area (Å²) in [5.41, 5.74) is 8.28. The number of hydrogen-bond acceptors (Lipinski definition) is 7. The number of hydrogen-bond donors (Lipinski definition) is 3. The number of β-amino-alcohol motifs (C(OH)–C–C–N with tert-alkyl or cyclic N) is 1. The van der Waals surface area contributed by atoms with Crippen LogP contribution in [0.25, 0.3) is 33.5 Å². The van der Waals surface area contributed by atoms with Crippen LogP contribution in [-0.2, 0) is 24.3 Å². The van der Waals surface area contributed by atoms with Gasteiger partial charge in [-0.05, 0) is 42.0 Å². The van der Waals surface area contributed by atoms with Crippen LogP contribution < -0.4 is 20.1 Å². The van der Waals surface area contributed by atoms with Crippen molar-refractivity contribution in [3.8, 4) is 45.1 Å². The largest absolute Gasteiger partial charge is 0.496 e. The van der Waals surface area contributed by atoms with E-state index >= 15 is 0 Å². The van der Waals surface area contributed by atoms with Gasteiger partial charge in [-0.25, -0.2) is 4.98 Å². The zero-order valence-electron chi connectivity index (χ0n) is 28.5. The molecule has 3 N–H and O–H groups in total. The average molecular weight is 704 g/mol. The number of nitrogens with one attached hydrogen (secondary N) is 2. The Bertz CT molecular complexity index is 1810. The first-order valence-electron chi connectivity index (χ1n) is 16.9. The van der Waals surface area contributed by atoms with Crippen molar-refractivity contribution in [3.63, 3.8) is 0 Å². The second-order valence-corrected chi connectivity index (χ2v) is 14.0. The van der Waals surface area contributed by atoms with Crippen molar-refractivity contribution in [3.05, 3.63) is 87.4 Å². The summed E-state index contributed by atoms with van der Waals surface area (Å²) >= 11 is 14.3. The number of aliphatic hydroxyl groups is 1. The zero-order valence-corrected chi connectivity index (χ0v) is 30.0. The van der Waals surface area contributed by atoms with Gasteiger partial charge in [-0.3, -0.25) is 9.69 Å². The van der Waals surface area contributed by atoms with Gasteiger partial charge in [0.25, 0.3) is 0 Å². The minimum Gasteiger partial charge on any atom is -0.496 e. The summed E-state index contributed by atoms with van der Waals surface area (Å²) in [5.74, 6) is 1.65. The quantitative estimate of drug-likeness (QED) is 0.144. The van der Waals surface area contributed by atoms with Gasteiger partial charge in [0.05, 0.1) is 36.1 Å². The van der Waals surface area contributed by atoms with Gasteiger partial charge in [0, 0.05) is 78.6 Å². The number of rotatable bonds is 12. The van der Waals surface area contributed by atoms with Crippen molar-refractivity contribution in [1.29, 1.82) is 0 Å². The molecule has 8 nitrogen and oxygen atoms in total. The number of aromatic nitrogens is 1. The van der Waals surface area contributed by atoms with Crippen LogP contribution in [0, 0.1) is 5.92 Å². The van der Waals surface area contributed by atoms with E-state index in [9.17, 15) is 9.90 Å². The molecule has 1 unspecified atom stereocenters. The molecular weight excluding hydrogens is 659 g/mol. The molecule has 0 spiro atoms. The van der Waals surface area contributed by atoms with E-state index in [4.69, 9.17) is 37.7 Å². The Kier molecular flexibility index (Phi) is 11.1. The second kappa shape index (κ2) is 15.5. The molecule has 0 saturated carbocycles. The number of benzene rings is 3. The van der Waals surface area contributed by atoms with Gasteiger partial charge >= 0.3 is 0 Å². The van der Waals surface area contributed by atoms with Crippen LogP contribution in [0.1, 0.15) is 43.4 Å². The number of nitrogens with zero attached hydrogens (tertiary/aromatic N) is 2. The van der Waals surface area contributed by atoms with Gasteiger partial charge in [-0.1, -0.05) is 85.6 Å². The number of aliphatic hydroxyl groups excluding tert-OH is 1. The summed E-state index contributed by atoms with van der Waals surface area (Å²) < 4.78 is 11.6. The first-order valence-corrected chi connectivity index (χ1v) is 17.6. The van der Waals surface area contributed by atoms with Gasteiger partial charge in [-0.2, -0.15) is 0 Å². The molecule has 1 fully saturated rings. The van der Waals surface area contributed by atoms with Crippen LogP contribution in [0.3, 0.4) is 0 Å². The lowest BCUT2D eigenvalue weighted by atomic mass is 9.91. The van der Waals surface area contributed by atoms with Gasteiger partial charge in [0.15, 0.2) is 0 Å². The summed E-state index contributed by atoms with van der Waals surface area (Å²) in [7, 11) is 3.31. The Hall–Kier alpha value is -3.66. The topological polar surface area (TPSA) is 96.0 Å². The highest BCUT2D eigenvalue weighted by Gasteiger charge is 2.25. The number of amides is 1. The van der Waals surface area contributed by atoms with Gasteiger partial charge in [0.1, 0.15) is 5.75 Å². The lowest BCUT2D eigenvalue weighted by Crippen LogP contribution is -2.38. The molecular formula is C39H44Cl2N4O4. The van der Waals surface area contributed by atoms with Crippen LogP contribution in [-0.4, -0.2) is 66.9 Å². The maximum Gasteiger partial charge on any atom is 0.220 e. The van der Waals surface area contributed by atoms with Crippen molar-refractivity contribution in [2.75, 3.05) is 33.9 Å². The van der Waals surface area contributed by atoms with E-state index in [2.05, 4.69) is 27.7 Å². The Balaban J connectivity index is 1.26. The van der Waals surface area contributed by atoms with Crippen LogP contribution in [0.5, 0.6) is 11.6 Å². The van der Waals surface area contributed by atoms with Crippen molar-refractivity contribution < 1.29 is 19.4 Å². The summed E-state index contributed by atoms with van der Waals surface area (Å²) in [6.07, 6.45) is 1.92. The van der Waals surface area contributed by atoms with E-state index in [1.807, 2.05) is 62.4 Å². The first kappa shape index (κ1) is 35.2. The molecule has 2 aliphatic heterocycles. The molecule has 2 atom stereocenters. The predicted molar refractivity (Wildman–Crippen MR) is 196 cm³/mol. The first-order chi connectivity index (χ1) is 23.7. The molecule has 4 aromatic rings. The third-order valence-electron chi connectivity index (χ3n) is 9.61. The van der Waals surface area contributed by atoms with Crippen molar-refractivity contribution in [1.82, 2.24) is 20.5 Å². The molecule has 1 aromatic heterocycles.